The Morgan fingerprint density at radius 3 is 2.28 bits per heavy atom. The number of carbonyl (C=O) groups is 3. The lowest BCUT2D eigenvalue weighted by atomic mass is 10.1. The number of aryl methyl sites for hydroxylation is 1. The van der Waals surface area contributed by atoms with Crippen molar-refractivity contribution in [2.24, 2.45) is 0 Å². The Balaban J connectivity index is 0.00000118. The molecule has 1 unspecified atom stereocenters. The van der Waals surface area contributed by atoms with Crippen molar-refractivity contribution in [2.45, 2.75) is 31.9 Å². The van der Waals surface area contributed by atoms with E-state index in [4.69, 9.17) is 9.53 Å². The second kappa shape index (κ2) is 15.6. The number of amides is 2. The monoisotopic (exact) mass is 458 g/mol. The number of pyridine rings is 1. The number of allylic oxidation sites excluding steroid dienone is 1. The Hall–Kier alpha value is -3.13. The molecule has 1 aromatic carbocycles. The first kappa shape index (κ1) is 26.9. The number of benzene rings is 1. The Labute approximate surface area is 193 Å². The van der Waals surface area contributed by atoms with Gasteiger partial charge in [0.15, 0.2) is 0 Å². The standard InChI is InChI=1S/C22H26N2O3S.C2H4O2/c1-4-16-8-11-20(23-13-16)18(5-2)14-27-19-9-6-17(7-10-19)12-21(28-3)22(26)24-15-25;1-4-2-3/h5-11,13,15,21H,4,12,14H2,1-3H3,(H,24,25,26);2H,1H3/b18-5+;. The van der Waals surface area contributed by atoms with Crippen molar-refractivity contribution in [3.8, 4) is 5.75 Å². The summed E-state index contributed by atoms with van der Waals surface area (Å²) in [6.45, 7) is 4.89. The summed E-state index contributed by atoms with van der Waals surface area (Å²) in [4.78, 5) is 35.7. The van der Waals surface area contributed by atoms with Gasteiger partial charge in [0.05, 0.1) is 18.1 Å². The number of methoxy groups -OCH3 is 1. The molecule has 0 aliphatic heterocycles. The Bertz CT molecular complexity index is 867. The van der Waals surface area contributed by atoms with Crippen molar-refractivity contribution >= 4 is 36.1 Å². The number of nitrogens with zero attached hydrogens (tertiary/aromatic N) is 1. The van der Waals surface area contributed by atoms with Gasteiger partial charge in [0.25, 0.3) is 6.47 Å². The van der Waals surface area contributed by atoms with Crippen molar-refractivity contribution in [1.29, 1.82) is 0 Å². The van der Waals surface area contributed by atoms with Crippen LogP contribution in [0.15, 0.2) is 48.7 Å². The fourth-order valence-electron chi connectivity index (χ4n) is 2.66. The number of hydrogen-bond acceptors (Lipinski definition) is 7. The van der Waals surface area contributed by atoms with E-state index in [9.17, 15) is 9.59 Å². The number of hydrogen-bond donors (Lipinski definition) is 1. The largest absolute Gasteiger partial charge is 0.489 e. The van der Waals surface area contributed by atoms with Crippen LogP contribution in [-0.2, 0) is 32.0 Å². The molecule has 8 heteroatoms. The molecule has 1 aromatic heterocycles. The number of carbonyl (C=O) groups excluding carboxylic acids is 3. The highest BCUT2D eigenvalue weighted by Crippen LogP contribution is 2.20. The maximum Gasteiger partial charge on any atom is 0.292 e. The van der Waals surface area contributed by atoms with Gasteiger partial charge in [-0.3, -0.25) is 24.7 Å². The van der Waals surface area contributed by atoms with E-state index in [1.54, 1.807) is 0 Å². The van der Waals surface area contributed by atoms with E-state index >= 15 is 0 Å². The predicted molar refractivity (Wildman–Crippen MR) is 127 cm³/mol. The lowest BCUT2D eigenvalue weighted by molar-refractivity contribution is -0.126. The minimum absolute atomic E-state index is 0.276. The summed E-state index contributed by atoms with van der Waals surface area (Å²) in [6.07, 6.45) is 7.70. The van der Waals surface area contributed by atoms with Gasteiger partial charge >= 0.3 is 0 Å². The van der Waals surface area contributed by atoms with Crippen molar-refractivity contribution in [3.63, 3.8) is 0 Å². The van der Waals surface area contributed by atoms with Crippen LogP contribution in [-0.4, -0.2) is 49.0 Å². The smallest absolute Gasteiger partial charge is 0.292 e. The molecule has 0 fully saturated rings. The van der Waals surface area contributed by atoms with Gasteiger partial charge < -0.3 is 9.47 Å². The number of nitrogens with one attached hydrogen (secondary N) is 1. The van der Waals surface area contributed by atoms with Crippen LogP contribution in [0.5, 0.6) is 5.75 Å². The second-order valence-corrected chi connectivity index (χ2v) is 7.58. The topological polar surface area (TPSA) is 94.6 Å². The molecular formula is C24H30N2O5S. The summed E-state index contributed by atoms with van der Waals surface area (Å²) < 4.78 is 9.76. The molecule has 1 N–H and O–H groups in total. The summed E-state index contributed by atoms with van der Waals surface area (Å²) in [5.41, 5.74) is 4.16. The van der Waals surface area contributed by atoms with E-state index in [0.717, 1.165) is 29.0 Å². The molecule has 7 nitrogen and oxygen atoms in total. The number of imide groups is 1. The highest BCUT2D eigenvalue weighted by Gasteiger charge is 2.17. The van der Waals surface area contributed by atoms with Crippen LogP contribution >= 0.6 is 11.8 Å². The average Bonchev–Trinajstić information content (AvgIpc) is 2.84. The Morgan fingerprint density at radius 1 is 1.16 bits per heavy atom. The van der Waals surface area contributed by atoms with Crippen molar-refractivity contribution in [2.75, 3.05) is 20.0 Å². The Morgan fingerprint density at radius 2 is 1.81 bits per heavy atom. The molecule has 0 saturated carbocycles. The highest BCUT2D eigenvalue weighted by atomic mass is 32.2. The molecule has 172 valence electrons. The van der Waals surface area contributed by atoms with Crippen LogP contribution in [0.1, 0.15) is 30.7 Å². The van der Waals surface area contributed by atoms with E-state index in [0.29, 0.717) is 25.9 Å². The number of ether oxygens (including phenoxy) is 2. The summed E-state index contributed by atoms with van der Waals surface area (Å²) in [5, 5.41) is 1.91. The molecule has 1 atom stereocenters. The molecule has 2 aromatic rings. The Kier molecular flexibility index (Phi) is 13.1. The third kappa shape index (κ3) is 9.34. The quantitative estimate of drug-likeness (QED) is 0.515. The zero-order valence-electron chi connectivity index (χ0n) is 18.9. The van der Waals surface area contributed by atoms with E-state index in [2.05, 4.69) is 28.0 Å². The molecule has 1 heterocycles. The predicted octanol–water partition coefficient (Wildman–Crippen LogP) is 3.46. The number of rotatable bonds is 11. The van der Waals surface area contributed by atoms with Gasteiger partial charge in [-0.2, -0.15) is 11.8 Å². The molecule has 0 bridgehead atoms. The lowest BCUT2D eigenvalue weighted by Crippen LogP contribution is -2.32. The molecule has 2 rings (SSSR count). The summed E-state index contributed by atoms with van der Waals surface area (Å²) in [7, 11) is 1.31. The summed E-state index contributed by atoms with van der Waals surface area (Å²) in [5.74, 6) is 0.480. The molecule has 2 amide bonds. The van der Waals surface area contributed by atoms with Gasteiger partial charge in [0, 0.05) is 11.8 Å². The molecule has 0 saturated heterocycles. The maximum absolute atomic E-state index is 11.8. The van der Waals surface area contributed by atoms with Gasteiger partial charge in [0.2, 0.25) is 12.3 Å². The zero-order chi connectivity index (χ0) is 23.8. The zero-order valence-corrected chi connectivity index (χ0v) is 19.7. The van der Waals surface area contributed by atoms with Crippen LogP contribution in [0.4, 0.5) is 0 Å². The molecule has 0 radical (unpaired) electrons. The normalized spacial score (nSPS) is 11.4. The van der Waals surface area contributed by atoms with Crippen LogP contribution in [0.3, 0.4) is 0 Å². The first-order valence-electron chi connectivity index (χ1n) is 10.1. The third-order valence-corrected chi connectivity index (χ3v) is 5.47. The summed E-state index contributed by atoms with van der Waals surface area (Å²) >= 11 is 1.42. The van der Waals surface area contributed by atoms with Gasteiger partial charge in [0.1, 0.15) is 12.4 Å². The van der Waals surface area contributed by atoms with Gasteiger partial charge in [-0.05, 0) is 55.3 Å². The SMILES string of the molecule is C/C=C(\COc1ccc(CC(SC)C(=O)NC=O)cc1)c1ccc(CC)cn1.COC=O. The van der Waals surface area contributed by atoms with Crippen LogP contribution in [0, 0.1) is 0 Å². The van der Waals surface area contributed by atoms with E-state index < -0.39 is 0 Å². The van der Waals surface area contributed by atoms with Crippen molar-refractivity contribution < 1.29 is 23.9 Å². The first-order valence-corrected chi connectivity index (χ1v) is 11.4. The second-order valence-electron chi connectivity index (χ2n) is 6.54. The fourth-order valence-corrected chi connectivity index (χ4v) is 3.30. The van der Waals surface area contributed by atoms with Crippen LogP contribution in [0.25, 0.3) is 5.57 Å². The molecule has 0 aliphatic carbocycles. The lowest BCUT2D eigenvalue weighted by Gasteiger charge is -2.13. The van der Waals surface area contributed by atoms with Gasteiger partial charge in [-0.25, -0.2) is 0 Å². The first-order chi connectivity index (χ1) is 15.5. The van der Waals surface area contributed by atoms with Crippen molar-refractivity contribution in [3.05, 3.63) is 65.5 Å². The highest BCUT2D eigenvalue weighted by molar-refractivity contribution is 7.99. The van der Waals surface area contributed by atoms with Crippen LogP contribution < -0.4 is 10.1 Å². The van der Waals surface area contributed by atoms with E-state index in [1.165, 1.54) is 24.4 Å². The van der Waals surface area contributed by atoms with Gasteiger partial charge in [-0.1, -0.05) is 31.2 Å². The molecular weight excluding hydrogens is 428 g/mol. The fraction of sp³-hybridized carbons (Fsp3) is 0.333. The maximum atomic E-state index is 11.8. The number of aromatic nitrogens is 1. The molecule has 32 heavy (non-hydrogen) atoms. The number of thioether (sulfide) groups is 1. The summed E-state index contributed by atoms with van der Waals surface area (Å²) in [6, 6.07) is 11.8. The minimum atomic E-state index is -0.302. The third-order valence-electron chi connectivity index (χ3n) is 4.52. The minimum Gasteiger partial charge on any atom is -0.489 e. The van der Waals surface area contributed by atoms with Crippen molar-refractivity contribution in [1.82, 2.24) is 10.3 Å². The van der Waals surface area contributed by atoms with Crippen LogP contribution in [0.2, 0.25) is 0 Å². The molecule has 0 spiro atoms. The molecule has 0 aliphatic rings. The van der Waals surface area contributed by atoms with Gasteiger partial charge in [-0.15, -0.1) is 0 Å². The average molecular weight is 459 g/mol. The van der Waals surface area contributed by atoms with E-state index in [1.807, 2.05) is 55.8 Å². The van der Waals surface area contributed by atoms with E-state index in [-0.39, 0.29) is 11.2 Å².